The van der Waals surface area contributed by atoms with Gasteiger partial charge in [-0.15, -0.1) is 0 Å². The Balaban J connectivity index is 1.94. The summed E-state index contributed by atoms with van der Waals surface area (Å²) in [5.74, 6) is 0.885. The van der Waals surface area contributed by atoms with E-state index in [2.05, 4.69) is 16.9 Å². The first kappa shape index (κ1) is 9.46. The summed E-state index contributed by atoms with van der Waals surface area (Å²) >= 11 is 0. The minimum Gasteiger partial charge on any atom is -0.487 e. The smallest absolute Gasteiger partial charge is 0.138 e. The Kier molecular flexibility index (Phi) is 2.68. The van der Waals surface area contributed by atoms with Gasteiger partial charge in [0.15, 0.2) is 0 Å². The molecule has 2 rings (SSSR count). The lowest BCUT2D eigenvalue weighted by molar-refractivity contribution is 0.207. The summed E-state index contributed by atoms with van der Waals surface area (Å²) in [6.45, 7) is 4.13. The molecule has 1 aliphatic heterocycles. The molecule has 0 aliphatic carbocycles. The van der Waals surface area contributed by atoms with E-state index >= 15 is 0 Å². The number of nitrogens with zero attached hydrogens (tertiary/aromatic N) is 2. The fraction of sp³-hybridized carbons (Fsp3) is 0.545. The molecule has 1 aromatic heterocycles. The third kappa shape index (κ3) is 2.23. The largest absolute Gasteiger partial charge is 0.487 e. The zero-order valence-corrected chi connectivity index (χ0v) is 8.73. The Morgan fingerprint density at radius 1 is 1.50 bits per heavy atom. The second-order valence-corrected chi connectivity index (χ2v) is 3.93. The van der Waals surface area contributed by atoms with Crippen LogP contribution in [0.1, 0.15) is 12.1 Å². The van der Waals surface area contributed by atoms with Crippen molar-refractivity contribution in [1.82, 2.24) is 9.88 Å². The molecule has 1 aliphatic rings. The van der Waals surface area contributed by atoms with Crippen LogP contribution in [0.25, 0.3) is 0 Å². The van der Waals surface area contributed by atoms with Crippen LogP contribution in [-0.2, 0) is 0 Å². The maximum absolute atomic E-state index is 5.80. The highest BCUT2D eigenvalue weighted by molar-refractivity contribution is 5.19. The van der Waals surface area contributed by atoms with Crippen LogP contribution in [0.15, 0.2) is 18.3 Å². The van der Waals surface area contributed by atoms with Crippen molar-refractivity contribution in [2.45, 2.75) is 19.4 Å². The minimum absolute atomic E-state index is 0.338. The number of pyridine rings is 1. The van der Waals surface area contributed by atoms with Gasteiger partial charge in [0.25, 0.3) is 0 Å². The zero-order chi connectivity index (χ0) is 9.97. The van der Waals surface area contributed by atoms with Crippen molar-refractivity contribution in [3.8, 4) is 5.75 Å². The van der Waals surface area contributed by atoms with Gasteiger partial charge in [-0.05, 0) is 32.5 Å². The molecule has 2 heterocycles. The third-order valence-corrected chi connectivity index (χ3v) is 2.54. The molecule has 3 heteroatoms. The van der Waals surface area contributed by atoms with Crippen LogP contribution in [0, 0.1) is 6.92 Å². The van der Waals surface area contributed by atoms with Gasteiger partial charge in [0, 0.05) is 18.8 Å². The molecule has 0 radical (unpaired) electrons. The van der Waals surface area contributed by atoms with E-state index in [1.165, 1.54) is 0 Å². The fourth-order valence-electron chi connectivity index (χ4n) is 1.71. The normalized spacial score (nSPS) is 22.6. The quantitative estimate of drug-likeness (QED) is 0.709. The van der Waals surface area contributed by atoms with Crippen LogP contribution >= 0.6 is 0 Å². The van der Waals surface area contributed by atoms with Crippen molar-refractivity contribution in [1.29, 1.82) is 0 Å². The van der Waals surface area contributed by atoms with Gasteiger partial charge >= 0.3 is 0 Å². The highest BCUT2D eigenvalue weighted by Gasteiger charge is 2.20. The number of aryl methyl sites for hydroxylation is 1. The topological polar surface area (TPSA) is 25.4 Å². The molecule has 14 heavy (non-hydrogen) atoms. The van der Waals surface area contributed by atoms with E-state index in [1.807, 2.05) is 19.1 Å². The molecule has 3 nitrogen and oxygen atoms in total. The molecular formula is C11H16N2O. The highest BCUT2D eigenvalue weighted by Crippen LogP contribution is 2.16. The zero-order valence-electron chi connectivity index (χ0n) is 8.73. The first-order valence-electron chi connectivity index (χ1n) is 5.02. The monoisotopic (exact) mass is 192 g/mol. The lowest BCUT2D eigenvalue weighted by atomic mass is 10.3. The first-order valence-corrected chi connectivity index (χ1v) is 5.02. The van der Waals surface area contributed by atoms with Gasteiger partial charge in [-0.3, -0.25) is 4.98 Å². The molecule has 76 valence electrons. The predicted octanol–water partition coefficient (Wildman–Crippen LogP) is 1.47. The number of ether oxygens (including phenoxy) is 1. The summed E-state index contributed by atoms with van der Waals surface area (Å²) < 4.78 is 5.80. The first-order chi connectivity index (χ1) is 6.74. The van der Waals surface area contributed by atoms with Crippen molar-refractivity contribution in [3.05, 3.63) is 24.0 Å². The molecule has 0 spiro atoms. The van der Waals surface area contributed by atoms with Gasteiger partial charge in [-0.2, -0.15) is 0 Å². The van der Waals surface area contributed by atoms with Gasteiger partial charge in [0.05, 0.1) is 6.20 Å². The van der Waals surface area contributed by atoms with Crippen molar-refractivity contribution >= 4 is 0 Å². The molecule has 0 aromatic carbocycles. The standard InChI is InChI=1S/C11H16N2O/c1-9-3-4-10(7-12-9)14-11-5-6-13(2)8-11/h3-4,7,11H,5-6,8H2,1-2H3. The summed E-state index contributed by atoms with van der Waals surface area (Å²) in [6.07, 6.45) is 3.25. The second kappa shape index (κ2) is 3.96. The second-order valence-electron chi connectivity index (χ2n) is 3.93. The highest BCUT2D eigenvalue weighted by atomic mass is 16.5. The van der Waals surface area contributed by atoms with Gasteiger partial charge in [0.2, 0.25) is 0 Å². The van der Waals surface area contributed by atoms with Crippen molar-refractivity contribution in [2.24, 2.45) is 0 Å². The molecular weight excluding hydrogens is 176 g/mol. The average Bonchev–Trinajstić information content (AvgIpc) is 2.56. The van der Waals surface area contributed by atoms with E-state index in [4.69, 9.17) is 4.74 Å². The van der Waals surface area contributed by atoms with Crippen LogP contribution in [0.3, 0.4) is 0 Å². The Morgan fingerprint density at radius 3 is 2.93 bits per heavy atom. The maximum Gasteiger partial charge on any atom is 0.138 e. The predicted molar refractivity (Wildman–Crippen MR) is 55.5 cm³/mol. The maximum atomic E-state index is 5.80. The lowest BCUT2D eigenvalue weighted by Gasteiger charge is -2.13. The molecule has 0 saturated carbocycles. The van der Waals surface area contributed by atoms with E-state index in [-0.39, 0.29) is 0 Å². The molecule has 0 N–H and O–H groups in total. The molecule has 1 unspecified atom stereocenters. The molecule has 1 atom stereocenters. The Labute approximate surface area is 84.7 Å². The SMILES string of the molecule is Cc1ccc(OC2CCN(C)C2)cn1. The lowest BCUT2D eigenvalue weighted by Crippen LogP contribution is -2.21. The molecule has 1 aromatic rings. The average molecular weight is 192 g/mol. The molecule has 1 saturated heterocycles. The van der Waals surface area contributed by atoms with E-state index in [0.29, 0.717) is 6.10 Å². The van der Waals surface area contributed by atoms with Crippen LogP contribution in [-0.4, -0.2) is 36.1 Å². The van der Waals surface area contributed by atoms with Gasteiger partial charge in [-0.1, -0.05) is 0 Å². The number of likely N-dealkylation sites (tertiary alicyclic amines) is 1. The van der Waals surface area contributed by atoms with Crippen LogP contribution < -0.4 is 4.74 Å². The van der Waals surface area contributed by atoms with Crippen molar-refractivity contribution in [2.75, 3.05) is 20.1 Å². The summed E-state index contributed by atoms with van der Waals surface area (Å²) in [6, 6.07) is 3.97. The number of aromatic nitrogens is 1. The summed E-state index contributed by atoms with van der Waals surface area (Å²) in [4.78, 5) is 6.49. The van der Waals surface area contributed by atoms with E-state index in [0.717, 1.165) is 31.0 Å². The Bertz CT molecular complexity index is 297. The minimum atomic E-state index is 0.338. The Morgan fingerprint density at radius 2 is 2.36 bits per heavy atom. The summed E-state index contributed by atoms with van der Waals surface area (Å²) in [5.41, 5.74) is 1.03. The Hall–Kier alpha value is -1.09. The van der Waals surface area contributed by atoms with E-state index in [1.54, 1.807) is 6.20 Å². The number of hydrogen-bond acceptors (Lipinski definition) is 3. The number of hydrogen-bond donors (Lipinski definition) is 0. The van der Waals surface area contributed by atoms with Gasteiger partial charge < -0.3 is 9.64 Å². The van der Waals surface area contributed by atoms with E-state index < -0.39 is 0 Å². The summed E-state index contributed by atoms with van der Waals surface area (Å²) in [7, 11) is 2.12. The van der Waals surface area contributed by atoms with Crippen molar-refractivity contribution < 1.29 is 4.74 Å². The van der Waals surface area contributed by atoms with Crippen LogP contribution in [0.4, 0.5) is 0 Å². The van der Waals surface area contributed by atoms with E-state index in [9.17, 15) is 0 Å². The summed E-state index contributed by atoms with van der Waals surface area (Å²) in [5, 5.41) is 0. The van der Waals surface area contributed by atoms with Crippen molar-refractivity contribution in [3.63, 3.8) is 0 Å². The fourth-order valence-corrected chi connectivity index (χ4v) is 1.71. The third-order valence-electron chi connectivity index (χ3n) is 2.54. The molecule has 0 bridgehead atoms. The number of likely N-dealkylation sites (N-methyl/N-ethyl adjacent to an activating group) is 1. The molecule has 0 amide bonds. The van der Waals surface area contributed by atoms with Crippen LogP contribution in [0.5, 0.6) is 5.75 Å². The number of rotatable bonds is 2. The van der Waals surface area contributed by atoms with Gasteiger partial charge in [-0.25, -0.2) is 0 Å². The van der Waals surface area contributed by atoms with Gasteiger partial charge in [0.1, 0.15) is 11.9 Å². The van der Waals surface area contributed by atoms with Crippen LogP contribution in [0.2, 0.25) is 0 Å². The molecule has 1 fully saturated rings.